The predicted molar refractivity (Wildman–Crippen MR) is 116 cm³/mol. The summed E-state index contributed by atoms with van der Waals surface area (Å²) >= 11 is 1.68. The van der Waals surface area contributed by atoms with Gasteiger partial charge in [0, 0.05) is 38.6 Å². The molecule has 0 unspecified atom stereocenters. The Morgan fingerprint density at radius 1 is 1.03 bits per heavy atom. The van der Waals surface area contributed by atoms with E-state index in [4.69, 9.17) is 14.2 Å². The molecule has 1 aromatic heterocycles. The van der Waals surface area contributed by atoms with Crippen LogP contribution in [0.2, 0.25) is 0 Å². The van der Waals surface area contributed by atoms with Crippen molar-refractivity contribution in [3.8, 4) is 28.4 Å². The number of nitrogens with one attached hydrogen (secondary N) is 1. The van der Waals surface area contributed by atoms with E-state index in [0.29, 0.717) is 31.2 Å². The Labute approximate surface area is 175 Å². The molecule has 154 valence electrons. The van der Waals surface area contributed by atoms with Gasteiger partial charge in [-0.2, -0.15) is 15.7 Å². The predicted octanol–water partition coefficient (Wildman–Crippen LogP) is 5.68. The molecule has 0 radical (unpaired) electrons. The van der Waals surface area contributed by atoms with Crippen molar-refractivity contribution >= 4 is 11.3 Å². The van der Waals surface area contributed by atoms with Crippen LogP contribution >= 0.6 is 11.3 Å². The average molecular weight is 416 g/mol. The van der Waals surface area contributed by atoms with E-state index in [1.54, 1.807) is 36.6 Å². The van der Waals surface area contributed by atoms with Gasteiger partial charge in [-0.1, -0.05) is 12.1 Å². The zero-order valence-corrected chi connectivity index (χ0v) is 17.7. The Kier molecular flexibility index (Phi) is 7.12. The molecule has 0 fully saturated rings. The maximum absolute atomic E-state index is 13.6. The van der Waals surface area contributed by atoms with Crippen LogP contribution in [0.4, 0.5) is 4.39 Å². The van der Waals surface area contributed by atoms with E-state index in [0.717, 1.165) is 11.3 Å². The van der Waals surface area contributed by atoms with E-state index in [1.807, 2.05) is 12.1 Å². The summed E-state index contributed by atoms with van der Waals surface area (Å²) in [5.41, 5.74) is 3.48. The number of rotatable bonds is 10. The van der Waals surface area contributed by atoms with Crippen molar-refractivity contribution in [3.05, 3.63) is 64.9 Å². The third-order valence-electron chi connectivity index (χ3n) is 4.16. The van der Waals surface area contributed by atoms with Crippen molar-refractivity contribution in [2.75, 3.05) is 20.3 Å². The second-order valence-corrected chi connectivity index (χ2v) is 7.78. The van der Waals surface area contributed by atoms with Gasteiger partial charge in [0.1, 0.15) is 23.9 Å². The highest BCUT2D eigenvalue weighted by Gasteiger charge is 2.17. The molecule has 3 aromatic rings. The standard InChI is InChI=1S/C23H26FNO3S/c1-23(2,24)28-21-6-4-5-20(14-21)27-11-10-25-15-19-13-17(7-8-22(19)26-3)18-9-12-29-16-18/h4-9,12-14,16,25H,10-11,15H2,1-3H3. The molecule has 0 saturated carbocycles. The maximum atomic E-state index is 13.6. The van der Waals surface area contributed by atoms with Crippen LogP contribution in [0.1, 0.15) is 19.4 Å². The minimum atomic E-state index is -1.73. The van der Waals surface area contributed by atoms with Crippen molar-refractivity contribution < 1.29 is 18.6 Å². The Hall–Kier alpha value is -2.57. The molecule has 0 aliphatic rings. The summed E-state index contributed by atoms with van der Waals surface area (Å²) in [6, 6.07) is 15.3. The lowest BCUT2D eigenvalue weighted by atomic mass is 10.0. The van der Waals surface area contributed by atoms with Gasteiger partial charge < -0.3 is 19.5 Å². The Morgan fingerprint density at radius 2 is 1.86 bits per heavy atom. The minimum absolute atomic E-state index is 0.443. The van der Waals surface area contributed by atoms with Crippen LogP contribution in [0, 0.1) is 0 Å². The first-order valence-corrected chi connectivity index (χ1v) is 10.4. The molecule has 0 atom stereocenters. The molecule has 0 amide bonds. The van der Waals surface area contributed by atoms with E-state index in [9.17, 15) is 4.39 Å². The Balaban J connectivity index is 1.51. The molecule has 3 rings (SSSR count). The van der Waals surface area contributed by atoms with Crippen molar-refractivity contribution in [2.45, 2.75) is 26.2 Å². The summed E-state index contributed by atoms with van der Waals surface area (Å²) in [5.74, 6) is 0.219. The van der Waals surface area contributed by atoms with Crippen molar-refractivity contribution in [1.82, 2.24) is 5.32 Å². The third kappa shape index (κ3) is 6.48. The highest BCUT2D eigenvalue weighted by atomic mass is 32.1. The van der Waals surface area contributed by atoms with E-state index < -0.39 is 5.85 Å². The monoisotopic (exact) mass is 415 g/mol. The number of alkyl halides is 1. The second-order valence-electron chi connectivity index (χ2n) is 7.00. The molecule has 0 aliphatic heterocycles. The average Bonchev–Trinajstić information content (AvgIpc) is 3.21. The van der Waals surface area contributed by atoms with Crippen LogP contribution in [0.25, 0.3) is 11.1 Å². The van der Waals surface area contributed by atoms with Crippen LogP contribution < -0.4 is 19.5 Å². The molecular weight excluding hydrogens is 389 g/mol. The van der Waals surface area contributed by atoms with Gasteiger partial charge >= 0.3 is 0 Å². The molecule has 0 saturated heterocycles. The number of halogens is 1. The minimum Gasteiger partial charge on any atom is -0.496 e. The van der Waals surface area contributed by atoms with Gasteiger partial charge in [-0.25, -0.2) is 0 Å². The normalized spacial score (nSPS) is 11.3. The largest absolute Gasteiger partial charge is 0.496 e. The number of hydrogen-bond acceptors (Lipinski definition) is 5. The van der Waals surface area contributed by atoms with Gasteiger partial charge in [0.2, 0.25) is 5.85 Å². The molecule has 6 heteroatoms. The lowest BCUT2D eigenvalue weighted by molar-refractivity contribution is -0.0258. The molecule has 29 heavy (non-hydrogen) atoms. The smallest absolute Gasteiger partial charge is 0.242 e. The van der Waals surface area contributed by atoms with E-state index in [2.05, 4.69) is 34.3 Å². The summed E-state index contributed by atoms with van der Waals surface area (Å²) < 4.78 is 30.1. The van der Waals surface area contributed by atoms with E-state index >= 15 is 0 Å². The van der Waals surface area contributed by atoms with Crippen LogP contribution in [-0.4, -0.2) is 26.1 Å². The maximum Gasteiger partial charge on any atom is 0.242 e. The molecular formula is C23H26FNO3S. The van der Waals surface area contributed by atoms with E-state index in [-0.39, 0.29) is 0 Å². The first-order valence-electron chi connectivity index (χ1n) is 9.45. The molecule has 2 aromatic carbocycles. The van der Waals surface area contributed by atoms with Crippen molar-refractivity contribution in [2.24, 2.45) is 0 Å². The molecule has 0 bridgehead atoms. The number of thiophene rings is 1. The Morgan fingerprint density at radius 3 is 2.59 bits per heavy atom. The fourth-order valence-electron chi connectivity index (χ4n) is 2.90. The molecule has 4 nitrogen and oxygen atoms in total. The lowest BCUT2D eigenvalue weighted by Crippen LogP contribution is -2.21. The number of ether oxygens (including phenoxy) is 3. The summed E-state index contributed by atoms with van der Waals surface area (Å²) in [6.45, 7) is 4.54. The number of benzene rings is 2. The first kappa shape index (κ1) is 21.1. The number of methoxy groups -OCH3 is 1. The molecule has 0 aliphatic carbocycles. The SMILES string of the molecule is COc1ccc(-c2ccsc2)cc1CNCCOc1cccc(OC(C)(C)F)c1. The summed E-state index contributed by atoms with van der Waals surface area (Å²) in [5, 5.41) is 7.58. The van der Waals surface area contributed by atoms with Crippen LogP contribution in [-0.2, 0) is 6.54 Å². The fraction of sp³-hybridized carbons (Fsp3) is 0.304. The second kappa shape index (κ2) is 9.76. The van der Waals surface area contributed by atoms with Gasteiger partial charge in [0.15, 0.2) is 0 Å². The zero-order chi connectivity index (χ0) is 20.7. The van der Waals surface area contributed by atoms with E-state index in [1.165, 1.54) is 25.0 Å². The topological polar surface area (TPSA) is 39.7 Å². The van der Waals surface area contributed by atoms with Gasteiger partial charge in [-0.3, -0.25) is 0 Å². The van der Waals surface area contributed by atoms with Crippen LogP contribution in [0.15, 0.2) is 59.3 Å². The van der Waals surface area contributed by atoms with Crippen molar-refractivity contribution in [1.29, 1.82) is 0 Å². The van der Waals surface area contributed by atoms with Crippen LogP contribution in [0.5, 0.6) is 17.2 Å². The Bertz CT molecular complexity index is 907. The first-order chi connectivity index (χ1) is 13.9. The number of hydrogen-bond donors (Lipinski definition) is 1. The van der Waals surface area contributed by atoms with Gasteiger partial charge in [-0.15, -0.1) is 0 Å². The fourth-order valence-corrected chi connectivity index (χ4v) is 3.56. The molecule has 1 heterocycles. The molecule has 0 spiro atoms. The summed E-state index contributed by atoms with van der Waals surface area (Å²) in [4.78, 5) is 0. The quantitative estimate of drug-likeness (QED) is 0.433. The zero-order valence-electron chi connectivity index (χ0n) is 16.9. The molecule has 1 N–H and O–H groups in total. The van der Waals surface area contributed by atoms with Crippen molar-refractivity contribution in [3.63, 3.8) is 0 Å². The van der Waals surface area contributed by atoms with Gasteiger partial charge in [0.05, 0.1) is 7.11 Å². The van der Waals surface area contributed by atoms with Gasteiger partial charge in [-0.05, 0) is 52.2 Å². The summed E-state index contributed by atoms with van der Waals surface area (Å²) in [7, 11) is 1.68. The summed E-state index contributed by atoms with van der Waals surface area (Å²) in [6.07, 6.45) is 0. The lowest BCUT2D eigenvalue weighted by Gasteiger charge is -2.17. The third-order valence-corrected chi connectivity index (χ3v) is 4.85. The van der Waals surface area contributed by atoms with Gasteiger partial charge in [0.25, 0.3) is 0 Å². The van der Waals surface area contributed by atoms with Crippen LogP contribution in [0.3, 0.4) is 0 Å². The highest BCUT2D eigenvalue weighted by molar-refractivity contribution is 7.08. The highest BCUT2D eigenvalue weighted by Crippen LogP contribution is 2.28.